The second kappa shape index (κ2) is 8.90. The van der Waals surface area contributed by atoms with Crippen molar-refractivity contribution in [2.75, 3.05) is 20.3 Å². The van der Waals surface area contributed by atoms with Gasteiger partial charge in [-0.2, -0.15) is 0 Å². The molecule has 1 fully saturated rings. The lowest BCUT2D eigenvalue weighted by Gasteiger charge is -2.12. The number of benzene rings is 2. The van der Waals surface area contributed by atoms with Crippen molar-refractivity contribution in [1.82, 2.24) is 9.88 Å². The van der Waals surface area contributed by atoms with E-state index in [0.29, 0.717) is 18.8 Å². The molecular formula is C24H28N2O4. The second-order valence-corrected chi connectivity index (χ2v) is 7.85. The molecule has 2 N–H and O–H groups in total. The van der Waals surface area contributed by atoms with Crippen LogP contribution in [0.2, 0.25) is 0 Å². The van der Waals surface area contributed by atoms with E-state index in [2.05, 4.69) is 11.4 Å². The zero-order valence-electron chi connectivity index (χ0n) is 17.5. The number of hydrogen-bond donors (Lipinski definition) is 2. The van der Waals surface area contributed by atoms with Gasteiger partial charge in [0.15, 0.2) is 0 Å². The van der Waals surface area contributed by atoms with Gasteiger partial charge < -0.3 is 24.5 Å². The average Bonchev–Trinajstić information content (AvgIpc) is 3.35. The molecule has 1 atom stereocenters. The van der Waals surface area contributed by atoms with Gasteiger partial charge in [0.2, 0.25) is 0 Å². The number of methoxy groups -OCH3 is 1. The van der Waals surface area contributed by atoms with Crippen molar-refractivity contribution in [1.29, 1.82) is 0 Å². The van der Waals surface area contributed by atoms with Gasteiger partial charge in [-0.1, -0.05) is 24.3 Å². The van der Waals surface area contributed by atoms with E-state index in [1.54, 1.807) is 7.11 Å². The highest BCUT2D eigenvalue weighted by Gasteiger charge is 2.23. The fourth-order valence-electron chi connectivity index (χ4n) is 4.20. The van der Waals surface area contributed by atoms with Crippen LogP contribution in [-0.4, -0.2) is 42.0 Å². The van der Waals surface area contributed by atoms with Crippen LogP contribution in [0, 0.1) is 6.92 Å². The minimum absolute atomic E-state index is 0.216. The largest absolute Gasteiger partial charge is 0.497 e. The minimum atomic E-state index is -0.911. The molecule has 3 aromatic rings. The van der Waals surface area contributed by atoms with E-state index in [9.17, 15) is 9.90 Å². The minimum Gasteiger partial charge on any atom is -0.497 e. The third-order valence-corrected chi connectivity index (χ3v) is 5.73. The summed E-state index contributed by atoms with van der Waals surface area (Å²) in [6.45, 7) is 4.55. The molecule has 0 aliphatic carbocycles. The van der Waals surface area contributed by atoms with Crippen LogP contribution in [0.4, 0.5) is 0 Å². The van der Waals surface area contributed by atoms with Crippen LogP contribution in [0.15, 0.2) is 42.5 Å². The normalized spacial score (nSPS) is 16.3. The molecule has 6 nitrogen and oxygen atoms in total. The van der Waals surface area contributed by atoms with Crippen molar-refractivity contribution >= 4 is 16.9 Å². The molecule has 1 saturated heterocycles. The summed E-state index contributed by atoms with van der Waals surface area (Å²) in [7, 11) is 1.63. The Bertz CT molecular complexity index is 1030. The van der Waals surface area contributed by atoms with Gasteiger partial charge in [-0.3, -0.25) is 0 Å². The smallest absolute Gasteiger partial charge is 0.352 e. The Hall–Kier alpha value is -2.83. The van der Waals surface area contributed by atoms with Crippen LogP contribution < -0.4 is 10.1 Å². The Morgan fingerprint density at radius 2 is 2.07 bits per heavy atom. The quantitative estimate of drug-likeness (QED) is 0.590. The summed E-state index contributed by atoms with van der Waals surface area (Å²) in [6.07, 6.45) is 2.36. The molecule has 2 aromatic carbocycles. The molecule has 2 heterocycles. The fraction of sp³-hybridized carbons (Fsp3) is 0.375. The number of aromatic nitrogens is 1. The molecule has 158 valence electrons. The first-order valence-corrected chi connectivity index (χ1v) is 10.4. The molecule has 4 rings (SSSR count). The summed E-state index contributed by atoms with van der Waals surface area (Å²) in [5.41, 5.74) is 4.23. The topological polar surface area (TPSA) is 72.7 Å². The van der Waals surface area contributed by atoms with Crippen molar-refractivity contribution in [3.05, 3.63) is 64.8 Å². The number of aromatic carboxylic acids is 1. The number of nitrogens with one attached hydrogen (secondary N) is 1. The molecule has 0 bridgehead atoms. The number of aryl methyl sites for hydroxylation is 1. The lowest BCUT2D eigenvalue weighted by atomic mass is 10.1. The summed E-state index contributed by atoms with van der Waals surface area (Å²) in [4.78, 5) is 12.3. The first kappa shape index (κ1) is 20.4. The van der Waals surface area contributed by atoms with Crippen molar-refractivity contribution < 1.29 is 19.4 Å². The molecule has 1 aliphatic heterocycles. The first-order chi connectivity index (χ1) is 14.6. The zero-order chi connectivity index (χ0) is 21.1. The van der Waals surface area contributed by atoms with Gasteiger partial charge in [0.05, 0.1) is 13.2 Å². The molecule has 30 heavy (non-hydrogen) atoms. The average molecular weight is 408 g/mol. The molecule has 0 amide bonds. The molecule has 0 saturated carbocycles. The predicted octanol–water partition coefficient (Wildman–Crippen LogP) is 3.97. The lowest BCUT2D eigenvalue weighted by molar-refractivity contribution is 0.0684. The fourth-order valence-corrected chi connectivity index (χ4v) is 4.20. The van der Waals surface area contributed by atoms with E-state index in [1.807, 2.05) is 47.9 Å². The summed E-state index contributed by atoms with van der Waals surface area (Å²) in [5, 5.41) is 14.5. The number of carbonyl (C=O) groups is 1. The van der Waals surface area contributed by atoms with E-state index < -0.39 is 5.97 Å². The maximum Gasteiger partial charge on any atom is 0.352 e. The first-order valence-electron chi connectivity index (χ1n) is 10.4. The number of hydrogen-bond acceptors (Lipinski definition) is 4. The van der Waals surface area contributed by atoms with E-state index in [1.165, 1.54) is 0 Å². The van der Waals surface area contributed by atoms with Crippen molar-refractivity contribution in [2.24, 2.45) is 0 Å². The van der Waals surface area contributed by atoms with Crippen molar-refractivity contribution in [2.45, 2.75) is 39.0 Å². The number of fused-ring (bicyclic) bond motifs is 1. The Morgan fingerprint density at radius 3 is 2.73 bits per heavy atom. The monoisotopic (exact) mass is 408 g/mol. The Morgan fingerprint density at radius 1 is 1.27 bits per heavy atom. The molecule has 0 spiro atoms. The van der Waals surface area contributed by atoms with E-state index in [-0.39, 0.29) is 6.10 Å². The van der Waals surface area contributed by atoms with Crippen molar-refractivity contribution in [3.8, 4) is 5.75 Å². The van der Waals surface area contributed by atoms with Gasteiger partial charge in [-0.15, -0.1) is 0 Å². The van der Waals surface area contributed by atoms with Crippen LogP contribution in [-0.2, 0) is 17.8 Å². The molecule has 6 heteroatoms. The summed E-state index contributed by atoms with van der Waals surface area (Å²) in [6, 6.07) is 13.9. The molecule has 1 aromatic heterocycles. The Labute approximate surface area is 176 Å². The SMILES string of the molecule is COc1ccc(Cn2c(C(=O)O)c(CNC[C@H]3CCCO3)c3ccc(C)cc32)cc1. The maximum absolute atomic E-state index is 12.3. The number of carboxylic acid groups (broad SMARTS) is 1. The second-order valence-electron chi connectivity index (χ2n) is 7.85. The number of nitrogens with zero attached hydrogens (tertiary/aromatic N) is 1. The van der Waals surface area contributed by atoms with Crippen LogP contribution in [0.3, 0.4) is 0 Å². The third-order valence-electron chi connectivity index (χ3n) is 5.73. The number of carboxylic acids is 1. The van der Waals surface area contributed by atoms with Gasteiger partial charge in [0, 0.05) is 42.7 Å². The highest BCUT2D eigenvalue weighted by molar-refractivity contribution is 5.98. The maximum atomic E-state index is 12.3. The van der Waals surface area contributed by atoms with Crippen LogP contribution in [0.25, 0.3) is 10.9 Å². The summed E-state index contributed by atoms with van der Waals surface area (Å²) >= 11 is 0. The summed E-state index contributed by atoms with van der Waals surface area (Å²) < 4.78 is 12.8. The Kier molecular flexibility index (Phi) is 6.06. The lowest BCUT2D eigenvalue weighted by Crippen LogP contribution is -2.26. The zero-order valence-corrected chi connectivity index (χ0v) is 17.5. The summed E-state index contributed by atoms with van der Waals surface area (Å²) in [5.74, 6) is -0.129. The van der Waals surface area contributed by atoms with Crippen LogP contribution >= 0.6 is 0 Å². The standard InChI is InChI=1S/C24H28N2O4/c1-16-5-10-20-21(14-25-13-19-4-3-11-30-19)23(24(27)28)26(22(20)12-16)15-17-6-8-18(29-2)9-7-17/h5-10,12,19,25H,3-4,11,13-15H2,1-2H3,(H,27,28)/t19-/m1/s1. The highest BCUT2D eigenvalue weighted by Crippen LogP contribution is 2.29. The predicted molar refractivity (Wildman–Crippen MR) is 116 cm³/mol. The molecule has 0 radical (unpaired) electrons. The van der Waals surface area contributed by atoms with Gasteiger partial charge in [-0.05, 0) is 49.1 Å². The third kappa shape index (κ3) is 4.20. The number of rotatable bonds is 8. The van der Waals surface area contributed by atoms with Gasteiger partial charge in [0.25, 0.3) is 0 Å². The van der Waals surface area contributed by atoms with E-state index in [0.717, 1.165) is 59.3 Å². The number of ether oxygens (including phenoxy) is 2. The van der Waals surface area contributed by atoms with E-state index in [4.69, 9.17) is 9.47 Å². The molecule has 0 unspecified atom stereocenters. The molecular weight excluding hydrogens is 380 g/mol. The van der Waals surface area contributed by atoms with E-state index >= 15 is 0 Å². The van der Waals surface area contributed by atoms with Crippen molar-refractivity contribution in [3.63, 3.8) is 0 Å². The van der Waals surface area contributed by atoms with Crippen LogP contribution in [0.5, 0.6) is 5.75 Å². The van der Waals surface area contributed by atoms with Gasteiger partial charge >= 0.3 is 5.97 Å². The van der Waals surface area contributed by atoms with Gasteiger partial charge in [-0.25, -0.2) is 4.79 Å². The highest BCUT2D eigenvalue weighted by atomic mass is 16.5. The molecule has 1 aliphatic rings. The van der Waals surface area contributed by atoms with Crippen LogP contribution in [0.1, 0.15) is 40.0 Å². The Balaban J connectivity index is 1.70. The van der Waals surface area contributed by atoms with Gasteiger partial charge in [0.1, 0.15) is 11.4 Å².